The van der Waals surface area contributed by atoms with Crippen molar-refractivity contribution in [1.29, 1.82) is 5.26 Å². The molecule has 0 saturated heterocycles. The third-order valence-electron chi connectivity index (χ3n) is 4.10. The van der Waals surface area contributed by atoms with Crippen molar-refractivity contribution in [3.8, 4) is 6.07 Å². The Morgan fingerprint density at radius 1 is 1.26 bits per heavy atom. The molecule has 0 aliphatic carbocycles. The number of nitrogens with zero attached hydrogens (tertiary/aromatic N) is 1. The van der Waals surface area contributed by atoms with Crippen molar-refractivity contribution in [3.63, 3.8) is 0 Å². The third kappa shape index (κ3) is 5.10. The van der Waals surface area contributed by atoms with E-state index in [2.05, 4.69) is 12.2 Å². The Morgan fingerprint density at radius 2 is 1.87 bits per heavy atom. The van der Waals surface area contributed by atoms with Crippen LogP contribution in [0.2, 0.25) is 0 Å². The lowest BCUT2D eigenvalue weighted by Crippen LogP contribution is -2.49. The predicted molar refractivity (Wildman–Crippen MR) is 88.0 cm³/mol. The number of hydrogen-bond donors (Lipinski definition) is 2. The van der Waals surface area contributed by atoms with Crippen molar-refractivity contribution in [2.75, 3.05) is 0 Å². The zero-order valence-electron chi connectivity index (χ0n) is 13.9. The molecule has 1 aromatic carbocycles. The van der Waals surface area contributed by atoms with Gasteiger partial charge in [-0.05, 0) is 44.5 Å². The molecule has 1 amide bonds. The minimum Gasteiger partial charge on any atom is -0.481 e. The molecular formula is C18H24N2O3. The zero-order valence-corrected chi connectivity index (χ0v) is 13.9. The van der Waals surface area contributed by atoms with Crippen molar-refractivity contribution >= 4 is 11.9 Å². The van der Waals surface area contributed by atoms with Gasteiger partial charge in [-0.2, -0.15) is 5.26 Å². The summed E-state index contributed by atoms with van der Waals surface area (Å²) in [5, 5.41) is 21.1. The van der Waals surface area contributed by atoms with Gasteiger partial charge in [0, 0.05) is 11.6 Å². The highest BCUT2D eigenvalue weighted by Gasteiger charge is 2.37. The van der Waals surface area contributed by atoms with E-state index in [0.717, 1.165) is 19.3 Å². The van der Waals surface area contributed by atoms with Crippen LogP contribution in [0.1, 0.15) is 62.4 Å². The summed E-state index contributed by atoms with van der Waals surface area (Å²) in [5.41, 5.74) is -0.145. The molecule has 0 heterocycles. The molecular weight excluding hydrogens is 292 g/mol. The molecule has 124 valence electrons. The number of aliphatic carboxylic acids is 1. The Morgan fingerprint density at radius 3 is 2.35 bits per heavy atom. The van der Waals surface area contributed by atoms with Crippen molar-refractivity contribution in [1.82, 2.24) is 5.32 Å². The number of carboxylic acids is 1. The van der Waals surface area contributed by atoms with Gasteiger partial charge >= 0.3 is 5.97 Å². The summed E-state index contributed by atoms with van der Waals surface area (Å²) in [4.78, 5) is 23.9. The fraction of sp³-hybridized carbons (Fsp3) is 0.500. The maximum atomic E-state index is 12.4. The second-order valence-corrected chi connectivity index (χ2v) is 6.24. The highest BCUT2D eigenvalue weighted by Crippen LogP contribution is 2.25. The van der Waals surface area contributed by atoms with Crippen LogP contribution in [0, 0.1) is 16.7 Å². The summed E-state index contributed by atoms with van der Waals surface area (Å²) < 4.78 is 0. The standard InChI is InChI=1S/C18H24N2O3/c1-4-5-6-7-15(18(2,3)17(22)23)20-16(21)14-10-8-13(12-19)9-11-14/h8-11,15H,4-7H2,1-3H3,(H,20,21)(H,22,23). The summed E-state index contributed by atoms with van der Waals surface area (Å²) >= 11 is 0. The normalized spacial score (nSPS) is 12.3. The van der Waals surface area contributed by atoms with Gasteiger partial charge in [0.2, 0.25) is 0 Å². The van der Waals surface area contributed by atoms with Gasteiger partial charge in [-0.25, -0.2) is 0 Å². The molecule has 1 atom stereocenters. The summed E-state index contributed by atoms with van der Waals surface area (Å²) in [6, 6.07) is 7.84. The Balaban J connectivity index is 2.88. The monoisotopic (exact) mass is 316 g/mol. The smallest absolute Gasteiger partial charge is 0.311 e. The van der Waals surface area contributed by atoms with Gasteiger partial charge in [-0.3, -0.25) is 9.59 Å². The van der Waals surface area contributed by atoms with Gasteiger partial charge in [0.05, 0.1) is 17.0 Å². The maximum absolute atomic E-state index is 12.4. The maximum Gasteiger partial charge on any atom is 0.311 e. The van der Waals surface area contributed by atoms with Crippen LogP contribution in [0.4, 0.5) is 0 Å². The number of benzene rings is 1. The number of nitriles is 1. The highest BCUT2D eigenvalue weighted by atomic mass is 16.4. The molecule has 1 rings (SSSR count). The summed E-state index contributed by atoms with van der Waals surface area (Å²) in [6.07, 6.45) is 3.52. The van der Waals surface area contributed by atoms with Crippen LogP contribution in [0.25, 0.3) is 0 Å². The molecule has 0 radical (unpaired) electrons. The van der Waals surface area contributed by atoms with E-state index < -0.39 is 17.4 Å². The number of rotatable bonds is 8. The van der Waals surface area contributed by atoms with Crippen LogP contribution >= 0.6 is 0 Å². The molecule has 5 nitrogen and oxygen atoms in total. The predicted octanol–water partition coefficient (Wildman–Crippen LogP) is 3.35. The molecule has 1 aromatic rings. The molecule has 0 saturated carbocycles. The van der Waals surface area contributed by atoms with E-state index in [0.29, 0.717) is 17.5 Å². The van der Waals surface area contributed by atoms with Gasteiger partial charge in [0.1, 0.15) is 0 Å². The van der Waals surface area contributed by atoms with Gasteiger partial charge in [0.15, 0.2) is 0 Å². The van der Waals surface area contributed by atoms with Crippen molar-refractivity contribution in [3.05, 3.63) is 35.4 Å². The van der Waals surface area contributed by atoms with E-state index in [-0.39, 0.29) is 5.91 Å². The van der Waals surface area contributed by atoms with Gasteiger partial charge in [0.25, 0.3) is 5.91 Å². The van der Waals surface area contributed by atoms with Crippen LogP contribution in [-0.2, 0) is 4.79 Å². The Labute approximate surface area is 137 Å². The molecule has 0 fully saturated rings. The summed E-state index contributed by atoms with van der Waals surface area (Å²) in [7, 11) is 0. The van der Waals surface area contributed by atoms with Crippen LogP contribution in [-0.4, -0.2) is 23.0 Å². The quantitative estimate of drug-likeness (QED) is 0.720. The second-order valence-electron chi connectivity index (χ2n) is 6.24. The Kier molecular flexibility index (Phi) is 6.77. The van der Waals surface area contributed by atoms with E-state index >= 15 is 0 Å². The number of nitrogens with one attached hydrogen (secondary N) is 1. The van der Waals surface area contributed by atoms with Crippen molar-refractivity contribution in [2.24, 2.45) is 5.41 Å². The van der Waals surface area contributed by atoms with Gasteiger partial charge in [-0.15, -0.1) is 0 Å². The first-order valence-electron chi connectivity index (χ1n) is 7.87. The molecule has 23 heavy (non-hydrogen) atoms. The van der Waals surface area contributed by atoms with Crippen LogP contribution < -0.4 is 5.32 Å². The number of carboxylic acid groups (broad SMARTS) is 1. The lowest BCUT2D eigenvalue weighted by molar-refractivity contribution is -0.148. The fourth-order valence-electron chi connectivity index (χ4n) is 2.30. The van der Waals surface area contributed by atoms with E-state index in [1.807, 2.05) is 6.07 Å². The average Bonchev–Trinajstić information content (AvgIpc) is 2.53. The largest absolute Gasteiger partial charge is 0.481 e. The number of carbonyl (C=O) groups is 2. The second kappa shape index (κ2) is 8.33. The first-order valence-corrected chi connectivity index (χ1v) is 7.87. The summed E-state index contributed by atoms with van der Waals surface area (Å²) in [5.74, 6) is -1.25. The fourth-order valence-corrected chi connectivity index (χ4v) is 2.30. The number of hydrogen-bond acceptors (Lipinski definition) is 3. The molecule has 0 aromatic heterocycles. The lowest BCUT2D eigenvalue weighted by atomic mass is 9.81. The molecule has 5 heteroatoms. The van der Waals surface area contributed by atoms with E-state index in [9.17, 15) is 14.7 Å². The first-order chi connectivity index (χ1) is 10.8. The molecule has 0 bridgehead atoms. The van der Waals surface area contributed by atoms with Crippen molar-refractivity contribution in [2.45, 2.75) is 52.5 Å². The molecule has 0 spiro atoms. The topological polar surface area (TPSA) is 90.2 Å². The Bertz CT molecular complexity index is 585. The van der Waals surface area contributed by atoms with Crippen molar-refractivity contribution < 1.29 is 14.7 Å². The number of unbranched alkanes of at least 4 members (excludes halogenated alkanes) is 2. The van der Waals surface area contributed by atoms with Crippen LogP contribution in [0.15, 0.2) is 24.3 Å². The minimum atomic E-state index is -1.05. The molecule has 2 N–H and O–H groups in total. The summed E-state index contributed by atoms with van der Waals surface area (Å²) in [6.45, 7) is 5.34. The first kappa shape index (κ1) is 18.7. The Hall–Kier alpha value is -2.35. The van der Waals surface area contributed by atoms with Gasteiger partial charge < -0.3 is 10.4 Å². The SMILES string of the molecule is CCCCCC(NC(=O)c1ccc(C#N)cc1)C(C)(C)C(=O)O. The van der Waals surface area contributed by atoms with Crippen LogP contribution in [0.3, 0.4) is 0 Å². The van der Waals surface area contributed by atoms with Gasteiger partial charge in [-0.1, -0.05) is 26.2 Å². The molecule has 0 aliphatic rings. The van der Waals surface area contributed by atoms with E-state index in [4.69, 9.17) is 5.26 Å². The third-order valence-corrected chi connectivity index (χ3v) is 4.10. The number of carbonyl (C=O) groups excluding carboxylic acids is 1. The minimum absolute atomic E-state index is 0.315. The molecule has 0 aliphatic heterocycles. The van der Waals surface area contributed by atoms with E-state index in [1.54, 1.807) is 38.1 Å². The average molecular weight is 316 g/mol. The molecule has 1 unspecified atom stereocenters. The van der Waals surface area contributed by atoms with Crippen LogP contribution in [0.5, 0.6) is 0 Å². The highest BCUT2D eigenvalue weighted by molar-refractivity contribution is 5.95. The van der Waals surface area contributed by atoms with E-state index in [1.165, 1.54) is 0 Å². The lowest BCUT2D eigenvalue weighted by Gasteiger charge is -2.31. The number of amides is 1. The zero-order chi connectivity index (χ0) is 17.5.